The number of rotatable bonds is 5. The predicted octanol–water partition coefficient (Wildman–Crippen LogP) is 4.23. The topological polar surface area (TPSA) is 32.7 Å². The second-order valence-corrected chi connectivity index (χ2v) is 7.57. The zero-order valence-electron chi connectivity index (χ0n) is 14.6. The Hall–Kier alpha value is -1.06. The number of piperidine rings is 1. The predicted molar refractivity (Wildman–Crippen MR) is 93.5 cm³/mol. The van der Waals surface area contributed by atoms with Gasteiger partial charge in [0.15, 0.2) is 0 Å². The van der Waals surface area contributed by atoms with Crippen LogP contribution in [0.2, 0.25) is 0 Å². The number of hydrogen-bond acceptors (Lipinski definition) is 3. The third-order valence-electron chi connectivity index (χ3n) is 5.95. The van der Waals surface area contributed by atoms with Crippen LogP contribution < -0.4 is 0 Å². The van der Waals surface area contributed by atoms with Crippen LogP contribution >= 0.6 is 0 Å². The van der Waals surface area contributed by atoms with Gasteiger partial charge in [-0.3, -0.25) is 4.90 Å². The second-order valence-electron chi connectivity index (χ2n) is 7.57. The summed E-state index contributed by atoms with van der Waals surface area (Å²) in [5.41, 5.74) is 1.27. The van der Waals surface area contributed by atoms with Crippen molar-refractivity contribution in [3.8, 4) is 5.75 Å². The average molecular weight is 317 g/mol. The van der Waals surface area contributed by atoms with Gasteiger partial charge in [0.1, 0.15) is 5.75 Å². The molecular weight excluding hydrogens is 286 g/mol. The van der Waals surface area contributed by atoms with E-state index in [2.05, 4.69) is 24.8 Å². The maximum absolute atomic E-state index is 9.87. The van der Waals surface area contributed by atoms with Crippen molar-refractivity contribution in [1.82, 2.24) is 4.90 Å². The molecular formula is C20H31NO2. The summed E-state index contributed by atoms with van der Waals surface area (Å²) in [6, 6.07) is 8.31. The first-order chi connectivity index (χ1) is 11.1. The molecule has 0 aromatic heterocycles. The molecule has 0 saturated carbocycles. The summed E-state index contributed by atoms with van der Waals surface area (Å²) in [4.78, 5) is 2.65. The minimum atomic E-state index is 0.385. The Morgan fingerprint density at radius 2 is 2.13 bits per heavy atom. The first-order valence-electron chi connectivity index (χ1n) is 9.26. The van der Waals surface area contributed by atoms with Crippen LogP contribution in [0.4, 0.5) is 0 Å². The number of hydrogen-bond donors (Lipinski definition) is 1. The van der Waals surface area contributed by atoms with Crippen molar-refractivity contribution in [1.29, 1.82) is 0 Å². The van der Waals surface area contributed by atoms with Gasteiger partial charge in [0.05, 0.1) is 0 Å². The Morgan fingerprint density at radius 1 is 1.26 bits per heavy atom. The van der Waals surface area contributed by atoms with E-state index in [4.69, 9.17) is 4.74 Å². The Kier molecular flexibility index (Phi) is 5.60. The van der Waals surface area contributed by atoms with Gasteiger partial charge >= 0.3 is 0 Å². The molecule has 2 aliphatic heterocycles. The zero-order chi connectivity index (χ0) is 16.2. The third-order valence-corrected chi connectivity index (χ3v) is 5.95. The van der Waals surface area contributed by atoms with E-state index in [1.54, 1.807) is 6.07 Å². The maximum Gasteiger partial charge on any atom is 0.115 e. The largest absolute Gasteiger partial charge is 0.508 e. The molecule has 2 saturated heterocycles. The molecule has 2 heterocycles. The maximum atomic E-state index is 9.87. The number of likely N-dealkylation sites (tertiary alicyclic amines) is 1. The van der Waals surface area contributed by atoms with E-state index in [-0.39, 0.29) is 0 Å². The van der Waals surface area contributed by atoms with Gasteiger partial charge in [-0.15, -0.1) is 0 Å². The molecule has 3 rings (SSSR count). The lowest BCUT2D eigenvalue weighted by Crippen LogP contribution is -2.42. The summed E-state index contributed by atoms with van der Waals surface area (Å²) in [5.74, 6) is 2.52. The molecule has 2 unspecified atom stereocenters. The molecule has 3 nitrogen and oxygen atoms in total. The van der Waals surface area contributed by atoms with E-state index in [1.165, 1.54) is 37.8 Å². The Balaban J connectivity index is 1.65. The van der Waals surface area contributed by atoms with E-state index in [9.17, 15) is 5.11 Å². The first kappa shape index (κ1) is 16.8. The number of phenols is 1. The average Bonchev–Trinajstić information content (AvgIpc) is 3.04. The van der Waals surface area contributed by atoms with Crippen molar-refractivity contribution < 1.29 is 9.84 Å². The molecule has 0 amide bonds. The summed E-state index contributed by atoms with van der Waals surface area (Å²) in [6.45, 7) is 8.99. The van der Waals surface area contributed by atoms with Crippen LogP contribution in [0.5, 0.6) is 5.75 Å². The van der Waals surface area contributed by atoms with Gasteiger partial charge in [-0.1, -0.05) is 26.0 Å². The lowest BCUT2D eigenvalue weighted by atomic mass is 9.79. The van der Waals surface area contributed by atoms with Crippen LogP contribution in [0.25, 0.3) is 0 Å². The molecule has 0 bridgehead atoms. The lowest BCUT2D eigenvalue weighted by Gasteiger charge is -2.44. The summed E-state index contributed by atoms with van der Waals surface area (Å²) in [5, 5.41) is 9.87. The molecule has 2 aliphatic rings. The molecule has 0 spiro atoms. The van der Waals surface area contributed by atoms with Gasteiger partial charge in [-0.25, -0.2) is 0 Å². The monoisotopic (exact) mass is 317 g/mol. The van der Waals surface area contributed by atoms with Crippen LogP contribution in [0.15, 0.2) is 24.3 Å². The van der Waals surface area contributed by atoms with Crippen LogP contribution in [-0.2, 0) is 4.74 Å². The number of nitrogens with zero attached hydrogens (tertiary/aromatic N) is 1. The van der Waals surface area contributed by atoms with Crippen molar-refractivity contribution in [3.05, 3.63) is 29.8 Å². The highest BCUT2D eigenvalue weighted by Crippen LogP contribution is 2.40. The highest BCUT2D eigenvalue weighted by Gasteiger charge is 2.34. The van der Waals surface area contributed by atoms with E-state index in [0.29, 0.717) is 17.7 Å². The minimum absolute atomic E-state index is 0.385. The summed E-state index contributed by atoms with van der Waals surface area (Å²) in [7, 11) is 0. The quantitative estimate of drug-likeness (QED) is 0.882. The van der Waals surface area contributed by atoms with Crippen molar-refractivity contribution in [3.63, 3.8) is 0 Å². The second kappa shape index (κ2) is 7.67. The van der Waals surface area contributed by atoms with Crippen LogP contribution in [0, 0.1) is 17.8 Å². The fourth-order valence-electron chi connectivity index (χ4n) is 4.28. The van der Waals surface area contributed by atoms with Crippen LogP contribution in [0.3, 0.4) is 0 Å². The normalized spacial score (nSPS) is 32.3. The van der Waals surface area contributed by atoms with Gasteiger partial charge in [-0.05, 0) is 74.2 Å². The van der Waals surface area contributed by atoms with Crippen molar-refractivity contribution >= 4 is 0 Å². The SMILES string of the molecule is C[C@H]1CCN(CCCC2CCOC2)C(c2cccc(O)c2)[C@@H]1C. The number of aromatic hydroxyl groups is 1. The van der Waals surface area contributed by atoms with Crippen LogP contribution in [-0.4, -0.2) is 36.3 Å². The van der Waals surface area contributed by atoms with Crippen molar-refractivity contribution in [2.75, 3.05) is 26.3 Å². The van der Waals surface area contributed by atoms with Crippen molar-refractivity contribution in [2.24, 2.45) is 17.8 Å². The van der Waals surface area contributed by atoms with Crippen molar-refractivity contribution in [2.45, 2.75) is 45.6 Å². The fourth-order valence-corrected chi connectivity index (χ4v) is 4.28. The molecule has 4 atom stereocenters. The molecule has 3 heteroatoms. The smallest absolute Gasteiger partial charge is 0.115 e. The van der Waals surface area contributed by atoms with E-state index in [0.717, 1.165) is 31.6 Å². The molecule has 128 valence electrons. The highest BCUT2D eigenvalue weighted by molar-refractivity contribution is 5.30. The summed E-state index contributed by atoms with van der Waals surface area (Å²) < 4.78 is 5.49. The van der Waals surface area contributed by atoms with Gasteiger partial charge in [0.2, 0.25) is 0 Å². The number of ether oxygens (including phenoxy) is 1. The summed E-state index contributed by atoms with van der Waals surface area (Å²) in [6.07, 6.45) is 5.06. The number of benzene rings is 1. The Labute approximate surface area is 140 Å². The van der Waals surface area contributed by atoms with Gasteiger partial charge in [0, 0.05) is 19.3 Å². The lowest BCUT2D eigenvalue weighted by molar-refractivity contribution is 0.0605. The third kappa shape index (κ3) is 4.07. The Morgan fingerprint density at radius 3 is 2.87 bits per heavy atom. The van der Waals surface area contributed by atoms with Gasteiger partial charge in [0.25, 0.3) is 0 Å². The standard InChI is InChI=1S/C20H31NO2/c1-15-8-11-21(10-4-5-17-9-12-23-14-17)20(16(15)2)18-6-3-7-19(22)13-18/h3,6-7,13,15-17,20,22H,4-5,8-12,14H2,1-2H3/t15-,16+,17?,20?/m0/s1. The number of phenolic OH excluding ortho intramolecular Hbond substituents is 1. The van der Waals surface area contributed by atoms with E-state index < -0.39 is 0 Å². The molecule has 1 N–H and O–H groups in total. The fraction of sp³-hybridized carbons (Fsp3) is 0.700. The van der Waals surface area contributed by atoms with Crippen LogP contribution in [0.1, 0.15) is 51.1 Å². The van der Waals surface area contributed by atoms with Gasteiger partial charge in [-0.2, -0.15) is 0 Å². The van der Waals surface area contributed by atoms with E-state index in [1.807, 2.05) is 12.1 Å². The molecule has 2 fully saturated rings. The zero-order valence-corrected chi connectivity index (χ0v) is 14.6. The molecule has 0 aliphatic carbocycles. The molecule has 23 heavy (non-hydrogen) atoms. The highest BCUT2D eigenvalue weighted by atomic mass is 16.5. The van der Waals surface area contributed by atoms with Gasteiger partial charge < -0.3 is 9.84 Å². The minimum Gasteiger partial charge on any atom is -0.508 e. The first-order valence-corrected chi connectivity index (χ1v) is 9.26. The molecule has 1 aromatic rings. The molecule has 0 radical (unpaired) electrons. The van der Waals surface area contributed by atoms with E-state index >= 15 is 0 Å². The molecule has 1 aromatic carbocycles. The Bertz CT molecular complexity index is 498. The summed E-state index contributed by atoms with van der Waals surface area (Å²) >= 11 is 0.